The lowest BCUT2D eigenvalue weighted by molar-refractivity contribution is -0.120. The maximum absolute atomic E-state index is 12.8. The van der Waals surface area contributed by atoms with E-state index in [-0.39, 0.29) is 11.9 Å². The van der Waals surface area contributed by atoms with Crippen molar-refractivity contribution in [2.24, 2.45) is 0 Å². The van der Waals surface area contributed by atoms with Gasteiger partial charge in [0, 0.05) is 30.0 Å². The Kier molecular flexibility index (Phi) is 4.46. The van der Waals surface area contributed by atoms with E-state index in [1.54, 1.807) is 0 Å². The topological polar surface area (TPSA) is 32.3 Å². The van der Waals surface area contributed by atoms with Gasteiger partial charge in [0.1, 0.15) is 0 Å². The summed E-state index contributed by atoms with van der Waals surface area (Å²) < 4.78 is 0. The summed E-state index contributed by atoms with van der Waals surface area (Å²) in [7, 11) is 0. The molecule has 1 aliphatic heterocycles. The van der Waals surface area contributed by atoms with E-state index >= 15 is 0 Å². The number of thioether (sulfide) groups is 1. The van der Waals surface area contributed by atoms with Gasteiger partial charge < -0.3 is 10.2 Å². The third kappa shape index (κ3) is 2.92. The van der Waals surface area contributed by atoms with Gasteiger partial charge in [-0.3, -0.25) is 4.79 Å². The molecule has 0 aromatic heterocycles. The number of anilines is 1. The Bertz CT molecular complexity index is 632. The minimum atomic E-state index is -0.0670. The second-order valence-electron chi connectivity index (χ2n) is 5.16. The zero-order valence-corrected chi connectivity index (χ0v) is 13.0. The van der Waals surface area contributed by atoms with Gasteiger partial charge in [-0.15, -0.1) is 0 Å². The van der Waals surface area contributed by atoms with Crippen molar-refractivity contribution in [1.82, 2.24) is 5.32 Å². The molecular formula is C17H20N2OS. The van der Waals surface area contributed by atoms with E-state index in [2.05, 4.69) is 23.5 Å². The third-order valence-electron chi connectivity index (χ3n) is 3.86. The number of amides is 1. The van der Waals surface area contributed by atoms with E-state index in [1.807, 2.05) is 47.9 Å². The summed E-state index contributed by atoms with van der Waals surface area (Å²) in [5.41, 5.74) is 1.01. The molecule has 1 saturated heterocycles. The normalized spacial score (nSPS) is 18.6. The summed E-state index contributed by atoms with van der Waals surface area (Å²) in [5.74, 6) is 2.13. The van der Waals surface area contributed by atoms with Crippen molar-refractivity contribution in [2.45, 2.75) is 13.0 Å². The summed E-state index contributed by atoms with van der Waals surface area (Å²) in [6.07, 6.45) is 0. The lowest BCUT2D eigenvalue weighted by atomic mass is 10.1. The second-order valence-corrected chi connectivity index (χ2v) is 6.31. The monoisotopic (exact) mass is 300 g/mol. The summed E-state index contributed by atoms with van der Waals surface area (Å²) in [4.78, 5) is 14.7. The van der Waals surface area contributed by atoms with Gasteiger partial charge in [0.15, 0.2) is 0 Å². The number of fused-ring (bicyclic) bond motifs is 1. The van der Waals surface area contributed by atoms with Crippen molar-refractivity contribution in [1.29, 1.82) is 0 Å². The number of hydrogen-bond acceptors (Lipinski definition) is 3. The Hall–Kier alpha value is -1.52. The van der Waals surface area contributed by atoms with Crippen LogP contribution in [-0.2, 0) is 4.79 Å². The molecule has 110 valence electrons. The summed E-state index contributed by atoms with van der Waals surface area (Å²) in [5, 5.41) is 5.65. The molecule has 1 amide bonds. The quantitative estimate of drug-likeness (QED) is 0.946. The Morgan fingerprint density at radius 1 is 1.29 bits per heavy atom. The Labute approximate surface area is 129 Å². The fraction of sp³-hybridized carbons (Fsp3) is 0.353. The van der Waals surface area contributed by atoms with Crippen LogP contribution in [-0.4, -0.2) is 36.5 Å². The van der Waals surface area contributed by atoms with Gasteiger partial charge >= 0.3 is 0 Å². The van der Waals surface area contributed by atoms with Crippen LogP contribution < -0.4 is 10.2 Å². The van der Waals surface area contributed by atoms with Crippen LogP contribution in [0.15, 0.2) is 42.5 Å². The average Bonchev–Trinajstić information content (AvgIpc) is 2.56. The fourth-order valence-electron chi connectivity index (χ4n) is 2.80. The number of carbonyl (C=O) groups is 1. The van der Waals surface area contributed by atoms with Gasteiger partial charge in [0.2, 0.25) is 5.91 Å². The van der Waals surface area contributed by atoms with Crippen LogP contribution in [0.25, 0.3) is 10.8 Å². The molecule has 1 N–H and O–H groups in total. The summed E-state index contributed by atoms with van der Waals surface area (Å²) in [6.45, 7) is 3.64. The Balaban J connectivity index is 1.96. The zero-order valence-electron chi connectivity index (χ0n) is 12.2. The molecule has 0 bridgehead atoms. The molecule has 1 unspecified atom stereocenters. The molecule has 1 aliphatic rings. The van der Waals surface area contributed by atoms with Crippen molar-refractivity contribution in [3.05, 3.63) is 42.5 Å². The molecule has 3 rings (SSSR count). The van der Waals surface area contributed by atoms with Crippen molar-refractivity contribution in [3.8, 4) is 0 Å². The van der Waals surface area contributed by atoms with E-state index in [0.717, 1.165) is 29.1 Å². The van der Waals surface area contributed by atoms with Crippen LogP contribution in [0.3, 0.4) is 0 Å². The van der Waals surface area contributed by atoms with Crippen LogP contribution in [0.5, 0.6) is 0 Å². The molecule has 0 saturated carbocycles. The van der Waals surface area contributed by atoms with E-state index in [0.29, 0.717) is 6.54 Å². The summed E-state index contributed by atoms with van der Waals surface area (Å²) in [6, 6.07) is 14.3. The molecule has 4 heteroatoms. The van der Waals surface area contributed by atoms with Crippen molar-refractivity contribution >= 4 is 34.1 Å². The predicted molar refractivity (Wildman–Crippen MR) is 91.1 cm³/mol. The van der Waals surface area contributed by atoms with E-state index in [1.165, 1.54) is 5.39 Å². The highest BCUT2D eigenvalue weighted by molar-refractivity contribution is 7.99. The highest BCUT2D eigenvalue weighted by atomic mass is 32.2. The predicted octanol–water partition coefficient (Wildman–Crippen LogP) is 2.90. The largest absolute Gasteiger partial charge is 0.311 e. The number of hydrogen-bond donors (Lipinski definition) is 1. The lowest BCUT2D eigenvalue weighted by Crippen LogP contribution is -2.50. The van der Waals surface area contributed by atoms with Crippen LogP contribution in [0.2, 0.25) is 0 Å². The zero-order chi connectivity index (χ0) is 14.7. The van der Waals surface area contributed by atoms with Crippen LogP contribution in [0.4, 0.5) is 5.69 Å². The van der Waals surface area contributed by atoms with Crippen molar-refractivity contribution in [3.63, 3.8) is 0 Å². The highest BCUT2D eigenvalue weighted by Crippen LogP contribution is 2.27. The first-order chi connectivity index (χ1) is 10.3. The number of nitrogens with zero attached hydrogens (tertiary/aromatic N) is 1. The molecule has 2 aromatic rings. The Morgan fingerprint density at radius 3 is 2.86 bits per heavy atom. The molecule has 1 heterocycles. The van der Waals surface area contributed by atoms with Gasteiger partial charge in [-0.05, 0) is 18.4 Å². The first kappa shape index (κ1) is 14.4. The van der Waals surface area contributed by atoms with Gasteiger partial charge in [0.05, 0.1) is 11.7 Å². The van der Waals surface area contributed by atoms with Gasteiger partial charge in [-0.1, -0.05) is 36.4 Å². The van der Waals surface area contributed by atoms with Crippen LogP contribution >= 0.6 is 11.8 Å². The number of nitrogens with one attached hydrogen (secondary N) is 1. The minimum Gasteiger partial charge on any atom is -0.311 e. The molecular weight excluding hydrogens is 280 g/mol. The molecule has 0 radical (unpaired) electrons. The number of carbonyl (C=O) groups excluding carboxylic acids is 1. The maximum Gasteiger partial charge on any atom is 0.244 e. The number of likely N-dealkylation sites (N-methyl/N-ethyl adjacent to an activating group) is 1. The third-order valence-corrected chi connectivity index (χ3v) is 4.92. The van der Waals surface area contributed by atoms with E-state index in [9.17, 15) is 4.79 Å². The molecule has 0 spiro atoms. The smallest absolute Gasteiger partial charge is 0.244 e. The molecule has 2 aromatic carbocycles. The van der Waals surface area contributed by atoms with E-state index in [4.69, 9.17) is 0 Å². The molecule has 0 aliphatic carbocycles. The van der Waals surface area contributed by atoms with Gasteiger partial charge in [0.25, 0.3) is 0 Å². The summed E-state index contributed by atoms with van der Waals surface area (Å²) >= 11 is 1.85. The highest BCUT2D eigenvalue weighted by Gasteiger charge is 2.26. The molecule has 3 nitrogen and oxygen atoms in total. The maximum atomic E-state index is 12.8. The van der Waals surface area contributed by atoms with Crippen LogP contribution in [0, 0.1) is 0 Å². The minimum absolute atomic E-state index is 0.0670. The molecule has 1 atom stereocenters. The standard InChI is InChI=1S/C17H20N2OS/c1-2-19(17(20)15-12-21-11-10-18-15)16-9-5-7-13-6-3-4-8-14(13)16/h3-9,15,18H,2,10-12H2,1H3. The van der Waals surface area contributed by atoms with Gasteiger partial charge in [-0.25, -0.2) is 0 Å². The van der Waals surface area contributed by atoms with Crippen molar-refractivity contribution in [2.75, 3.05) is 29.5 Å². The number of rotatable bonds is 3. The van der Waals surface area contributed by atoms with E-state index < -0.39 is 0 Å². The lowest BCUT2D eigenvalue weighted by Gasteiger charge is -2.29. The molecule has 21 heavy (non-hydrogen) atoms. The van der Waals surface area contributed by atoms with Crippen LogP contribution in [0.1, 0.15) is 6.92 Å². The number of benzene rings is 2. The Morgan fingerprint density at radius 2 is 2.10 bits per heavy atom. The first-order valence-corrected chi connectivity index (χ1v) is 8.57. The SMILES string of the molecule is CCN(C(=O)C1CSCCN1)c1cccc2ccccc12. The average molecular weight is 300 g/mol. The molecule has 1 fully saturated rings. The van der Waals surface area contributed by atoms with Gasteiger partial charge in [-0.2, -0.15) is 11.8 Å². The fourth-order valence-corrected chi connectivity index (χ4v) is 3.73. The first-order valence-electron chi connectivity index (χ1n) is 7.41. The van der Waals surface area contributed by atoms with Crippen molar-refractivity contribution < 1.29 is 4.79 Å². The second kappa shape index (κ2) is 6.50.